The molecule has 19 heavy (non-hydrogen) atoms. The van der Waals surface area contributed by atoms with E-state index < -0.39 is 20.2 Å². The van der Waals surface area contributed by atoms with Crippen LogP contribution in [-0.2, 0) is 20.2 Å². The maximum atomic E-state index is 10.9. The van der Waals surface area contributed by atoms with Crippen LogP contribution in [0.1, 0.15) is 0 Å². The Morgan fingerprint density at radius 2 is 1.05 bits per heavy atom. The molecule has 0 heterocycles. The summed E-state index contributed by atoms with van der Waals surface area (Å²) in [5.41, 5.74) is 0. The third kappa shape index (κ3) is 4.03. The van der Waals surface area contributed by atoms with Gasteiger partial charge in [0.2, 0.25) is 0 Å². The Balaban J connectivity index is 0.00000180. The first-order valence-electron chi connectivity index (χ1n) is 4.67. The van der Waals surface area contributed by atoms with Crippen LogP contribution in [0.4, 0.5) is 0 Å². The molecule has 0 unspecified atom stereocenters. The first-order chi connectivity index (χ1) is 8.18. The predicted octanol–water partition coefficient (Wildman–Crippen LogP) is 0.952. The van der Waals surface area contributed by atoms with E-state index in [1.54, 1.807) is 0 Å². The van der Waals surface area contributed by atoms with Gasteiger partial charge in [-0.25, -0.2) is 0 Å². The van der Waals surface area contributed by atoms with Crippen molar-refractivity contribution < 1.29 is 25.9 Å². The van der Waals surface area contributed by atoms with E-state index in [0.29, 0.717) is 5.39 Å². The van der Waals surface area contributed by atoms with Crippen LogP contribution in [0.25, 0.3) is 10.8 Å². The van der Waals surface area contributed by atoms with E-state index in [9.17, 15) is 16.8 Å². The van der Waals surface area contributed by atoms with Crippen molar-refractivity contribution >= 4 is 79.9 Å². The second kappa shape index (κ2) is 5.84. The average molecular weight is 426 g/mol. The summed E-state index contributed by atoms with van der Waals surface area (Å²) in [5.74, 6) is 0. The number of fused-ring (bicyclic) bond motifs is 1. The van der Waals surface area contributed by atoms with Crippen molar-refractivity contribution in [2.45, 2.75) is 9.79 Å². The molecule has 0 amide bonds. The quantitative estimate of drug-likeness (QED) is 0.548. The molecule has 0 bridgehead atoms. The van der Waals surface area contributed by atoms with Crippen LogP contribution in [0.15, 0.2) is 46.2 Å². The zero-order valence-corrected chi connectivity index (χ0v) is 15.6. The van der Waals surface area contributed by atoms with E-state index in [1.165, 1.54) is 24.3 Å². The fraction of sp³-hybridized carbons (Fsp3) is 0. The van der Waals surface area contributed by atoms with Gasteiger partial charge in [-0.05, 0) is 35.0 Å². The third-order valence-electron chi connectivity index (χ3n) is 2.38. The first-order valence-corrected chi connectivity index (χ1v) is 7.55. The monoisotopic (exact) mass is 426 g/mol. The minimum Gasteiger partial charge on any atom is -0.282 e. The Hall–Kier alpha value is 0.0914. The molecule has 2 aromatic rings. The molecule has 0 aliphatic heterocycles. The van der Waals surface area contributed by atoms with Crippen LogP contribution >= 0.6 is 0 Å². The second-order valence-electron chi connectivity index (χ2n) is 3.62. The minimum absolute atomic E-state index is 0. The largest absolute Gasteiger partial charge is 2.00 e. The zero-order chi connectivity index (χ0) is 13.6. The molecule has 0 aliphatic rings. The molecule has 6 nitrogen and oxygen atoms in total. The minimum atomic E-state index is -4.35. The molecule has 96 valence electrons. The normalized spacial score (nSPS) is 12.1. The topological polar surface area (TPSA) is 109 Å². The molecule has 2 N–H and O–H groups in total. The van der Waals surface area contributed by atoms with Gasteiger partial charge in [0.25, 0.3) is 20.2 Å². The summed E-state index contributed by atoms with van der Waals surface area (Å²) in [6.07, 6.45) is 0. The van der Waals surface area contributed by atoms with E-state index >= 15 is 0 Å². The molecule has 0 saturated carbocycles. The molecule has 2 rings (SSSR count). The molecule has 0 aromatic heterocycles. The van der Waals surface area contributed by atoms with Gasteiger partial charge in [-0.15, -0.1) is 0 Å². The zero-order valence-electron chi connectivity index (χ0n) is 9.52. The molecule has 0 atom stereocenters. The van der Waals surface area contributed by atoms with E-state index in [1.807, 2.05) is 0 Å². The fourth-order valence-electron chi connectivity index (χ4n) is 1.52. The van der Waals surface area contributed by atoms with Crippen molar-refractivity contribution in [3.63, 3.8) is 0 Å². The molecule has 0 fully saturated rings. The van der Waals surface area contributed by atoms with E-state index in [0.717, 1.165) is 12.1 Å². The van der Waals surface area contributed by atoms with Crippen LogP contribution in [-0.4, -0.2) is 74.8 Å². The van der Waals surface area contributed by atoms with Gasteiger partial charge in [0, 0.05) is 0 Å². The molecular formula is C10H8BaO6S2+2. The Kier molecular flexibility index (Phi) is 5.27. The predicted molar refractivity (Wildman–Crippen MR) is 69.3 cm³/mol. The van der Waals surface area contributed by atoms with E-state index in [4.69, 9.17) is 9.11 Å². The van der Waals surface area contributed by atoms with Crippen molar-refractivity contribution in [2.24, 2.45) is 0 Å². The molecular weight excluding hydrogens is 418 g/mol. The van der Waals surface area contributed by atoms with Gasteiger partial charge in [-0.3, -0.25) is 9.11 Å². The summed E-state index contributed by atoms with van der Waals surface area (Å²) >= 11 is 0. The smallest absolute Gasteiger partial charge is 0.282 e. The van der Waals surface area contributed by atoms with Gasteiger partial charge < -0.3 is 0 Å². The first kappa shape index (κ1) is 17.1. The van der Waals surface area contributed by atoms with Crippen LogP contribution in [0.5, 0.6) is 0 Å². The maximum absolute atomic E-state index is 10.9. The van der Waals surface area contributed by atoms with Crippen LogP contribution in [0, 0.1) is 0 Å². The van der Waals surface area contributed by atoms with Crippen LogP contribution in [0.3, 0.4) is 0 Å². The Labute approximate surface area is 150 Å². The molecule has 0 spiro atoms. The molecule has 9 heteroatoms. The Morgan fingerprint density at radius 3 is 1.37 bits per heavy atom. The van der Waals surface area contributed by atoms with Crippen molar-refractivity contribution in [2.75, 3.05) is 0 Å². The number of hydrogen-bond donors (Lipinski definition) is 2. The molecule has 2 aromatic carbocycles. The maximum Gasteiger partial charge on any atom is 2.00 e. The molecule has 0 saturated heterocycles. The summed E-state index contributed by atoms with van der Waals surface area (Å²) in [6, 6.07) is 7.49. The fourth-order valence-corrected chi connectivity index (χ4v) is 2.56. The van der Waals surface area contributed by atoms with Gasteiger partial charge in [-0.2, -0.15) is 16.8 Å². The van der Waals surface area contributed by atoms with Gasteiger partial charge >= 0.3 is 48.9 Å². The SMILES string of the molecule is O=S(=O)(O)c1ccc2ccc(S(=O)(=O)O)cc2c1.[Ba+2]. The van der Waals surface area contributed by atoms with Gasteiger partial charge in [-0.1, -0.05) is 12.1 Å². The van der Waals surface area contributed by atoms with Crippen molar-refractivity contribution in [1.29, 1.82) is 0 Å². The van der Waals surface area contributed by atoms with E-state index in [-0.39, 0.29) is 64.1 Å². The van der Waals surface area contributed by atoms with Crippen LogP contribution in [0.2, 0.25) is 0 Å². The standard InChI is InChI=1S/C10H8O6S2.Ba/c11-17(12,13)9-3-1-7-2-4-10(18(14,15)16)6-8(7)5-9;/h1-6H,(H,11,12,13)(H,14,15,16);/q;+2. The molecule has 0 aliphatic carbocycles. The van der Waals surface area contributed by atoms with E-state index in [2.05, 4.69) is 0 Å². The summed E-state index contributed by atoms with van der Waals surface area (Å²) in [6.45, 7) is 0. The molecule has 0 radical (unpaired) electrons. The number of rotatable bonds is 2. The summed E-state index contributed by atoms with van der Waals surface area (Å²) in [7, 11) is -8.71. The Bertz CT molecular complexity index is 759. The van der Waals surface area contributed by atoms with Gasteiger partial charge in [0.1, 0.15) is 0 Å². The van der Waals surface area contributed by atoms with Gasteiger partial charge in [0.05, 0.1) is 9.79 Å². The summed E-state index contributed by atoms with van der Waals surface area (Å²) in [5, 5.41) is 0.857. The second-order valence-corrected chi connectivity index (χ2v) is 6.46. The van der Waals surface area contributed by atoms with Gasteiger partial charge in [0.15, 0.2) is 0 Å². The number of hydrogen-bond acceptors (Lipinski definition) is 4. The average Bonchev–Trinajstić information content (AvgIpc) is 2.25. The van der Waals surface area contributed by atoms with Crippen LogP contribution < -0.4 is 0 Å². The Morgan fingerprint density at radius 1 is 0.684 bits per heavy atom. The third-order valence-corrected chi connectivity index (χ3v) is 4.08. The van der Waals surface area contributed by atoms with Crippen molar-refractivity contribution in [3.05, 3.63) is 36.4 Å². The summed E-state index contributed by atoms with van der Waals surface area (Å²) < 4.78 is 61.5. The van der Waals surface area contributed by atoms with Crippen molar-refractivity contribution in [3.8, 4) is 0 Å². The summed E-state index contributed by atoms with van der Waals surface area (Å²) in [4.78, 5) is -0.690. The van der Waals surface area contributed by atoms with Crippen molar-refractivity contribution in [1.82, 2.24) is 0 Å². The number of benzene rings is 2.